The van der Waals surface area contributed by atoms with Gasteiger partial charge < -0.3 is 5.32 Å². The summed E-state index contributed by atoms with van der Waals surface area (Å²) in [5.74, 6) is -0.281. The fourth-order valence-corrected chi connectivity index (χ4v) is 2.07. The van der Waals surface area contributed by atoms with E-state index in [1.165, 1.54) is 11.8 Å². The van der Waals surface area contributed by atoms with Gasteiger partial charge in [-0.1, -0.05) is 31.2 Å². The summed E-state index contributed by atoms with van der Waals surface area (Å²) < 4.78 is 13.8. The molecule has 2 nitrogen and oxygen atoms in total. The van der Waals surface area contributed by atoms with Gasteiger partial charge in [-0.05, 0) is 30.7 Å². The Morgan fingerprint density at radius 3 is 2.50 bits per heavy atom. The van der Waals surface area contributed by atoms with E-state index in [-0.39, 0.29) is 11.9 Å². The summed E-state index contributed by atoms with van der Waals surface area (Å²) in [5.41, 5.74) is 2.96. The van der Waals surface area contributed by atoms with Gasteiger partial charge in [0.15, 0.2) is 0 Å². The Kier molecular flexibility index (Phi) is 4.05. The summed E-state index contributed by atoms with van der Waals surface area (Å²) in [4.78, 5) is 3.78. The minimum atomic E-state index is -0.281. The average Bonchev–Trinajstić information content (AvgIpc) is 2.42. The normalized spacial score (nSPS) is 12.4. The zero-order valence-corrected chi connectivity index (χ0v) is 10.7. The highest BCUT2D eigenvalue weighted by Gasteiger charge is 2.15. The van der Waals surface area contributed by atoms with Crippen LogP contribution in [0.4, 0.5) is 4.39 Å². The number of nitrogens with zero attached hydrogens (tertiary/aromatic N) is 1. The number of aromatic nitrogens is 1. The molecule has 2 rings (SSSR count). The zero-order chi connectivity index (χ0) is 13.0. The van der Waals surface area contributed by atoms with Crippen molar-refractivity contribution in [1.82, 2.24) is 10.3 Å². The maximum absolute atomic E-state index is 13.8. The minimum Gasteiger partial charge on any atom is -0.309 e. The summed E-state index contributed by atoms with van der Waals surface area (Å²) in [6, 6.07) is 9.82. The van der Waals surface area contributed by atoms with Crippen molar-refractivity contribution in [3.05, 3.63) is 65.2 Å². The molecule has 18 heavy (non-hydrogen) atoms. The largest absolute Gasteiger partial charge is 0.309 e. The fraction of sp³-hybridized carbons (Fsp3) is 0.267. The lowest BCUT2D eigenvalue weighted by Crippen LogP contribution is -2.19. The van der Waals surface area contributed by atoms with Crippen molar-refractivity contribution in [2.45, 2.75) is 19.4 Å². The standard InChI is InChI=1S/C15H17FN2/c1-3-11-4-6-12(7-5-11)15(17-2)13-8-9-18-10-14(13)16/h4-10,15,17H,3H2,1-2H3. The van der Waals surface area contributed by atoms with Crippen LogP contribution in [0.3, 0.4) is 0 Å². The average molecular weight is 244 g/mol. The summed E-state index contributed by atoms with van der Waals surface area (Å²) in [5, 5.41) is 3.15. The van der Waals surface area contributed by atoms with Crippen molar-refractivity contribution in [1.29, 1.82) is 0 Å². The summed E-state index contributed by atoms with van der Waals surface area (Å²) in [6.45, 7) is 2.12. The Morgan fingerprint density at radius 1 is 1.22 bits per heavy atom. The quantitative estimate of drug-likeness (QED) is 0.894. The van der Waals surface area contributed by atoms with E-state index in [4.69, 9.17) is 0 Å². The molecule has 0 spiro atoms. The maximum Gasteiger partial charge on any atom is 0.146 e. The van der Waals surface area contributed by atoms with E-state index in [1.54, 1.807) is 12.3 Å². The summed E-state index contributed by atoms with van der Waals surface area (Å²) >= 11 is 0. The maximum atomic E-state index is 13.8. The van der Waals surface area contributed by atoms with Crippen molar-refractivity contribution in [3.63, 3.8) is 0 Å². The number of hydrogen-bond donors (Lipinski definition) is 1. The Hall–Kier alpha value is -1.74. The van der Waals surface area contributed by atoms with Crippen LogP contribution < -0.4 is 5.32 Å². The van der Waals surface area contributed by atoms with Crippen molar-refractivity contribution in [2.24, 2.45) is 0 Å². The summed E-state index contributed by atoms with van der Waals surface area (Å²) in [6.07, 6.45) is 3.87. The van der Waals surface area contributed by atoms with Gasteiger partial charge in [0, 0.05) is 11.8 Å². The minimum absolute atomic E-state index is 0.140. The Bertz CT molecular complexity index is 508. The van der Waals surface area contributed by atoms with Gasteiger partial charge in [-0.15, -0.1) is 0 Å². The molecule has 0 bridgehead atoms. The number of halogens is 1. The van der Waals surface area contributed by atoms with E-state index >= 15 is 0 Å². The van der Waals surface area contributed by atoms with Crippen LogP contribution >= 0.6 is 0 Å². The van der Waals surface area contributed by atoms with Gasteiger partial charge in [-0.25, -0.2) is 4.39 Å². The van der Waals surface area contributed by atoms with Gasteiger partial charge in [0.05, 0.1) is 12.2 Å². The van der Waals surface area contributed by atoms with Crippen LogP contribution in [0.15, 0.2) is 42.7 Å². The lowest BCUT2D eigenvalue weighted by molar-refractivity contribution is 0.570. The molecule has 0 saturated carbocycles. The first-order valence-corrected chi connectivity index (χ1v) is 6.11. The molecule has 0 fully saturated rings. The molecule has 0 aliphatic carbocycles. The van der Waals surface area contributed by atoms with Gasteiger partial charge in [-0.2, -0.15) is 0 Å². The monoisotopic (exact) mass is 244 g/mol. The van der Waals surface area contributed by atoms with Crippen molar-refractivity contribution < 1.29 is 4.39 Å². The SMILES string of the molecule is CCc1ccc(C(NC)c2ccncc2F)cc1. The molecular weight excluding hydrogens is 227 g/mol. The van der Waals surface area contributed by atoms with E-state index in [1.807, 2.05) is 19.2 Å². The first kappa shape index (κ1) is 12.7. The summed E-state index contributed by atoms with van der Waals surface area (Å²) in [7, 11) is 1.83. The third kappa shape index (κ3) is 2.57. The van der Waals surface area contributed by atoms with Gasteiger partial charge in [0.2, 0.25) is 0 Å². The number of pyridine rings is 1. The predicted molar refractivity (Wildman–Crippen MR) is 70.9 cm³/mol. The molecular formula is C15H17FN2. The van der Waals surface area contributed by atoms with Crippen molar-refractivity contribution in [3.8, 4) is 0 Å². The molecule has 94 valence electrons. The van der Waals surface area contributed by atoms with E-state index in [0.29, 0.717) is 5.56 Å². The molecule has 0 aliphatic rings. The first-order chi connectivity index (χ1) is 8.76. The first-order valence-electron chi connectivity index (χ1n) is 6.11. The number of nitrogens with one attached hydrogen (secondary N) is 1. The van der Waals surface area contributed by atoms with E-state index in [9.17, 15) is 4.39 Å². The van der Waals surface area contributed by atoms with Crippen LogP contribution in [0.1, 0.15) is 29.7 Å². The van der Waals surface area contributed by atoms with Crippen LogP contribution in [0.2, 0.25) is 0 Å². The Labute approximate surface area is 107 Å². The third-order valence-electron chi connectivity index (χ3n) is 3.12. The van der Waals surface area contributed by atoms with Gasteiger partial charge in [0.1, 0.15) is 5.82 Å². The lowest BCUT2D eigenvalue weighted by atomic mass is 9.98. The number of aryl methyl sites for hydroxylation is 1. The van der Waals surface area contributed by atoms with Crippen molar-refractivity contribution in [2.75, 3.05) is 7.05 Å². The molecule has 0 aliphatic heterocycles. The van der Waals surface area contributed by atoms with Crippen LogP contribution in [0.25, 0.3) is 0 Å². The Morgan fingerprint density at radius 2 is 1.94 bits per heavy atom. The highest BCUT2D eigenvalue weighted by molar-refractivity contribution is 5.33. The topological polar surface area (TPSA) is 24.9 Å². The second-order valence-electron chi connectivity index (χ2n) is 4.21. The highest BCUT2D eigenvalue weighted by atomic mass is 19.1. The third-order valence-corrected chi connectivity index (χ3v) is 3.12. The van der Waals surface area contributed by atoms with Crippen LogP contribution in [-0.4, -0.2) is 12.0 Å². The Balaban J connectivity index is 2.36. The van der Waals surface area contributed by atoms with Gasteiger partial charge >= 0.3 is 0 Å². The molecule has 3 heteroatoms. The van der Waals surface area contributed by atoms with Gasteiger partial charge in [-0.3, -0.25) is 4.98 Å². The highest BCUT2D eigenvalue weighted by Crippen LogP contribution is 2.23. The van der Waals surface area contributed by atoms with E-state index in [0.717, 1.165) is 12.0 Å². The second-order valence-corrected chi connectivity index (χ2v) is 4.21. The fourth-order valence-electron chi connectivity index (χ4n) is 2.07. The molecule has 1 aromatic heterocycles. The molecule has 1 aromatic carbocycles. The predicted octanol–water partition coefficient (Wildman–Crippen LogP) is 3.09. The van der Waals surface area contributed by atoms with E-state index < -0.39 is 0 Å². The van der Waals surface area contributed by atoms with Gasteiger partial charge in [0.25, 0.3) is 0 Å². The molecule has 0 amide bonds. The molecule has 1 unspecified atom stereocenters. The zero-order valence-electron chi connectivity index (χ0n) is 10.7. The number of benzene rings is 1. The molecule has 1 atom stereocenters. The molecule has 2 aromatic rings. The van der Waals surface area contributed by atoms with E-state index in [2.05, 4.69) is 29.4 Å². The second kappa shape index (κ2) is 5.74. The van der Waals surface area contributed by atoms with Crippen LogP contribution in [0.5, 0.6) is 0 Å². The lowest BCUT2D eigenvalue weighted by Gasteiger charge is -2.18. The molecule has 0 saturated heterocycles. The molecule has 1 heterocycles. The van der Waals surface area contributed by atoms with Crippen molar-refractivity contribution >= 4 is 0 Å². The van der Waals surface area contributed by atoms with Crippen LogP contribution in [-0.2, 0) is 6.42 Å². The van der Waals surface area contributed by atoms with Crippen LogP contribution in [0, 0.1) is 5.82 Å². The number of hydrogen-bond acceptors (Lipinski definition) is 2. The smallest absolute Gasteiger partial charge is 0.146 e. The number of rotatable bonds is 4. The molecule has 1 N–H and O–H groups in total. The molecule has 0 radical (unpaired) electrons.